The van der Waals surface area contributed by atoms with Crippen LogP contribution in [0.5, 0.6) is 0 Å². The van der Waals surface area contributed by atoms with Crippen molar-refractivity contribution in [1.29, 1.82) is 0 Å². The molecule has 2 rings (SSSR count). The highest BCUT2D eigenvalue weighted by Crippen LogP contribution is 2.36. The van der Waals surface area contributed by atoms with E-state index in [0.29, 0.717) is 0 Å². The van der Waals surface area contributed by atoms with E-state index in [0.717, 1.165) is 48.5 Å². The zero-order valence-electron chi connectivity index (χ0n) is 25.0. The molecule has 248 valence electrons. The van der Waals surface area contributed by atoms with Crippen molar-refractivity contribution in [1.82, 2.24) is 0 Å². The van der Waals surface area contributed by atoms with Gasteiger partial charge in [-0.15, -0.1) is 0 Å². The van der Waals surface area contributed by atoms with Crippen molar-refractivity contribution >= 4 is 57.7 Å². The molecule has 2 aliphatic heterocycles. The molecule has 0 aromatic carbocycles. The SMILES string of the molecule is CC(=O)OCC1O[C@H](O[C@@H]2C(COC(C)=O)O[C@H](Br)C(OC(C)=O)C2OC(C)=O)C(OC(C)=O)C(OC(C)=O)[C@@H]1OC(C)=O. The average molecular weight is 699 g/mol. The van der Waals surface area contributed by atoms with Gasteiger partial charge >= 0.3 is 41.8 Å². The molecule has 0 spiro atoms. The lowest BCUT2D eigenvalue weighted by atomic mass is 9.96. The summed E-state index contributed by atoms with van der Waals surface area (Å²) in [5.41, 5.74) is 0. The molecule has 0 aromatic heterocycles. The number of halogens is 1. The predicted molar refractivity (Wildman–Crippen MR) is 142 cm³/mol. The van der Waals surface area contributed by atoms with Crippen molar-refractivity contribution < 1.29 is 80.9 Å². The molecule has 0 saturated carbocycles. The van der Waals surface area contributed by atoms with Crippen LogP contribution in [-0.2, 0) is 80.9 Å². The number of hydrogen-bond acceptors (Lipinski definition) is 17. The van der Waals surface area contributed by atoms with Gasteiger partial charge in [0.2, 0.25) is 0 Å². The highest BCUT2D eigenvalue weighted by molar-refractivity contribution is 9.09. The second-order valence-corrected chi connectivity index (χ2v) is 10.5. The second kappa shape index (κ2) is 16.6. The van der Waals surface area contributed by atoms with Crippen LogP contribution in [-0.4, -0.2) is 115 Å². The van der Waals surface area contributed by atoms with E-state index in [9.17, 15) is 33.6 Å². The van der Waals surface area contributed by atoms with Gasteiger partial charge in [0.25, 0.3) is 0 Å². The van der Waals surface area contributed by atoms with Crippen LogP contribution in [0.1, 0.15) is 48.5 Å². The summed E-state index contributed by atoms with van der Waals surface area (Å²) in [7, 11) is 0. The van der Waals surface area contributed by atoms with E-state index in [1.165, 1.54) is 0 Å². The van der Waals surface area contributed by atoms with Crippen LogP contribution in [0.2, 0.25) is 0 Å². The van der Waals surface area contributed by atoms with E-state index in [-0.39, 0.29) is 0 Å². The van der Waals surface area contributed by atoms with Crippen LogP contribution in [0.4, 0.5) is 0 Å². The number of rotatable bonds is 11. The number of carbonyl (C=O) groups excluding carboxylic acids is 7. The predicted octanol–water partition coefficient (Wildman–Crippen LogP) is 0.00100. The standard InChI is InChI=1S/C26H35BrO17/c1-10(28)35-8-17-20(21(38-13(4)31)23(25(27)42-17)40-15(6)33)44-26-24(41-16(7)34)22(39-14(5)32)19(37-12(3)30)18(43-26)9-36-11(2)29/h17-26H,8-9H2,1-7H3/t17?,18?,19-,20-,21?,22?,23?,24?,25+,26-/m1/s1. The molecule has 2 aliphatic rings. The normalized spacial score (nSPS) is 31.5. The Labute approximate surface area is 260 Å². The van der Waals surface area contributed by atoms with E-state index < -0.39 is 115 Å². The lowest BCUT2D eigenvalue weighted by molar-refractivity contribution is -0.341. The zero-order chi connectivity index (χ0) is 33.3. The Bertz CT molecular complexity index is 1090. The minimum Gasteiger partial charge on any atom is -0.463 e. The molecule has 6 unspecified atom stereocenters. The van der Waals surface area contributed by atoms with Crippen molar-refractivity contribution in [2.75, 3.05) is 13.2 Å². The molecular weight excluding hydrogens is 664 g/mol. The smallest absolute Gasteiger partial charge is 0.303 e. The summed E-state index contributed by atoms with van der Waals surface area (Å²) in [6, 6.07) is 0. The van der Waals surface area contributed by atoms with Crippen LogP contribution in [0, 0.1) is 0 Å². The topological polar surface area (TPSA) is 212 Å². The zero-order valence-corrected chi connectivity index (χ0v) is 26.6. The van der Waals surface area contributed by atoms with Gasteiger partial charge in [-0.1, -0.05) is 15.9 Å². The quantitative estimate of drug-likeness (QED) is 0.158. The summed E-state index contributed by atoms with van der Waals surface area (Å²) >= 11 is 3.23. The van der Waals surface area contributed by atoms with Gasteiger partial charge in [-0.3, -0.25) is 33.6 Å². The monoisotopic (exact) mass is 698 g/mol. The van der Waals surface area contributed by atoms with Gasteiger partial charge in [-0.05, 0) is 0 Å². The average Bonchev–Trinajstić information content (AvgIpc) is 2.87. The fourth-order valence-corrected chi connectivity index (χ4v) is 5.15. The van der Waals surface area contributed by atoms with Crippen molar-refractivity contribution in [3.05, 3.63) is 0 Å². The third-order valence-corrected chi connectivity index (χ3v) is 6.61. The lowest BCUT2D eigenvalue weighted by Gasteiger charge is -2.48. The Morgan fingerprint density at radius 1 is 0.477 bits per heavy atom. The summed E-state index contributed by atoms with van der Waals surface area (Å²) in [6.07, 6.45) is -13.2. The highest BCUT2D eigenvalue weighted by Gasteiger charge is 2.57. The molecule has 44 heavy (non-hydrogen) atoms. The summed E-state index contributed by atoms with van der Waals surface area (Å²) in [4.78, 5) is 83.8. The Morgan fingerprint density at radius 2 is 0.841 bits per heavy atom. The molecule has 0 aliphatic carbocycles. The third-order valence-electron chi connectivity index (χ3n) is 5.87. The van der Waals surface area contributed by atoms with E-state index >= 15 is 0 Å². The molecule has 0 bridgehead atoms. The molecule has 2 fully saturated rings. The molecule has 0 radical (unpaired) electrons. The van der Waals surface area contributed by atoms with Gasteiger partial charge in [-0.25, -0.2) is 0 Å². The van der Waals surface area contributed by atoms with Crippen molar-refractivity contribution in [3.63, 3.8) is 0 Å². The minimum atomic E-state index is -1.73. The van der Waals surface area contributed by atoms with Gasteiger partial charge in [0.05, 0.1) is 0 Å². The number of carbonyl (C=O) groups is 7. The summed E-state index contributed by atoms with van der Waals surface area (Å²) in [6.45, 7) is 6.57. The Morgan fingerprint density at radius 3 is 1.27 bits per heavy atom. The van der Waals surface area contributed by atoms with E-state index in [1.807, 2.05) is 0 Å². The lowest BCUT2D eigenvalue weighted by Crippen LogP contribution is -2.66. The van der Waals surface area contributed by atoms with Crippen molar-refractivity contribution in [2.45, 2.75) is 109 Å². The summed E-state index contributed by atoms with van der Waals surface area (Å²) < 4.78 is 55.2. The van der Waals surface area contributed by atoms with E-state index in [1.54, 1.807) is 0 Å². The third kappa shape index (κ3) is 11.0. The van der Waals surface area contributed by atoms with Gasteiger partial charge in [-0.2, -0.15) is 0 Å². The molecule has 2 heterocycles. The number of alkyl halides is 1. The summed E-state index contributed by atoms with van der Waals surface area (Å²) in [5, 5.41) is -1.09. The maximum atomic E-state index is 12.2. The fourth-order valence-electron chi connectivity index (χ4n) is 4.46. The Hall–Kier alpha value is -3.35. The molecule has 10 atom stereocenters. The highest BCUT2D eigenvalue weighted by atomic mass is 79.9. The van der Waals surface area contributed by atoms with Gasteiger partial charge in [0, 0.05) is 48.5 Å². The molecule has 18 heteroatoms. The van der Waals surface area contributed by atoms with Crippen molar-refractivity contribution in [2.24, 2.45) is 0 Å². The van der Waals surface area contributed by atoms with Crippen LogP contribution in [0.3, 0.4) is 0 Å². The molecule has 0 amide bonds. The molecular formula is C26H35BrO17. The van der Waals surface area contributed by atoms with Gasteiger partial charge in [0.1, 0.15) is 31.5 Å². The second-order valence-electron chi connectivity index (χ2n) is 9.64. The first-order valence-corrected chi connectivity index (χ1v) is 14.1. The summed E-state index contributed by atoms with van der Waals surface area (Å²) in [5.74, 6) is -5.63. The van der Waals surface area contributed by atoms with E-state index in [2.05, 4.69) is 15.9 Å². The first-order valence-electron chi connectivity index (χ1n) is 13.2. The Kier molecular flexibility index (Phi) is 13.9. The maximum Gasteiger partial charge on any atom is 0.303 e. The number of ether oxygens (including phenoxy) is 10. The fraction of sp³-hybridized carbons (Fsp3) is 0.731. The molecule has 0 N–H and O–H groups in total. The minimum absolute atomic E-state index is 0.460. The van der Waals surface area contributed by atoms with Crippen molar-refractivity contribution in [3.8, 4) is 0 Å². The van der Waals surface area contributed by atoms with Gasteiger partial charge < -0.3 is 47.4 Å². The maximum absolute atomic E-state index is 12.2. The first kappa shape index (κ1) is 36.8. The molecule has 0 aromatic rings. The van der Waals surface area contributed by atoms with Crippen LogP contribution in [0.15, 0.2) is 0 Å². The Balaban J connectivity index is 2.66. The molecule has 2 saturated heterocycles. The number of hydrogen-bond donors (Lipinski definition) is 0. The van der Waals surface area contributed by atoms with Crippen LogP contribution >= 0.6 is 15.9 Å². The largest absolute Gasteiger partial charge is 0.463 e. The van der Waals surface area contributed by atoms with E-state index in [4.69, 9.17) is 47.4 Å². The van der Waals surface area contributed by atoms with Gasteiger partial charge in [0.15, 0.2) is 41.8 Å². The van der Waals surface area contributed by atoms with Crippen LogP contribution < -0.4 is 0 Å². The van der Waals surface area contributed by atoms with Crippen LogP contribution in [0.25, 0.3) is 0 Å². The first-order chi connectivity index (χ1) is 20.5. The molecule has 17 nitrogen and oxygen atoms in total. The number of esters is 7.